The standard InChI is InChI=1S/C14H22O2/c1-10(2)13(15)16-14(3)9-8-11-6-4-5-7-12(11)14/h11-12H,1,4-9H2,2-3H3. The number of fused-ring (bicyclic) bond motifs is 1. The summed E-state index contributed by atoms with van der Waals surface area (Å²) in [5.74, 6) is 1.16. The molecule has 2 fully saturated rings. The number of carbonyl (C=O) groups is 1. The van der Waals surface area contributed by atoms with Gasteiger partial charge in [-0.15, -0.1) is 0 Å². The number of ether oxygens (including phenoxy) is 1. The Morgan fingerprint density at radius 2 is 2.00 bits per heavy atom. The summed E-state index contributed by atoms with van der Waals surface area (Å²) in [5.41, 5.74) is 0.293. The van der Waals surface area contributed by atoms with E-state index in [-0.39, 0.29) is 11.6 Å². The van der Waals surface area contributed by atoms with Crippen LogP contribution in [0.1, 0.15) is 52.4 Å². The van der Waals surface area contributed by atoms with Gasteiger partial charge in [-0.1, -0.05) is 25.8 Å². The molecule has 2 saturated carbocycles. The maximum Gasteiger partial charge on any atom is 0.333 e. The van der Waals surface area contributed by atoms with Crippen molar-refractivity contribution in [3.05, 3.63) is 12.2 Å². The van der Waals surface area contributed by atoms with E-state index in [1.54, 1.807) is 6.92 Å². The van der Waals surface area contributed by atoms with Crippen molar-refractivity contribution in [3.8, 4) is 0 Å². The summed E-state index contributed by atoms with van der Waals surface area (Å²) in [4.78, 5) is 11.7. The molecule has 3 atom stereocenters. The normalized spacial score (nSPS) is 37.9. The van der Waals surface area contributed by atoms with Crippen molar-refractivity contribution < 1.29 is 9.53 Å². The van der Waals surface area contributed by atoms with E-state index in [0.717, 1.165) is 12.3 Å². The average Bonchev–Trinajstić information content (AvgIpc) is 2.57. The second-order valence-corrected chi connectivity index (χ2v) is 5.67. The van der Waals surface area contributed by atoms with Crippen LogP contribution in [0.15, 0.2) is 12.2 Å². The van der Waals surface area contributed by atoms with Crippen LogP contribution in [0.4, 0.5) is 0 Å². The van der Waals surface area contributed by atoms with Crippen LogP contribution in [-0.2, 0) is 9.53 Å². The fourth-order valence-electron chi connectivity index (χ4n) is 3.44. The van der Waals surface area contributed by atoms with Crippen LogP contribution in [0.3, 0.4) is 0 Å². The summed E-state index contributed by atoms with van der Waals surface area (Å²) >= 11 is 0. The SMILES string of the molecule is C=C(C)C(=O)OC1(C)CCC2CCCCC21. The highest BCUT2D eigenvalue weighted by Gasteiger charge is 2.48. The summed E-state index contributed by atoms with van der Waals surface area (Å²) < 4.78 is 5.69. The van der Waals surface area contributed by atoms with E-state index in [2.05, 4.69) is 13.5 Å². The maximum atomic E-state index is 11.7. The first-order valence-electron chi connectivity index (χ1n) is 6.42. The van der Waals surface area contributed by atoms with Crippen molar-refractivity contribution in [1.29, 1.82) is 0 Å². The van der Waals surface area contributed by atoms with E-state index in [4.69, 9.17) is 4.74 Å². The zero-order valence-electron chi connectivity index (χ0n) is 10.4. The molecule has 0 N–H and O–H groups in total. The number of carbonyl (C=O) groups excluding carboxylic acids is 1. The Morgan fingerprint density at radius 1 is 1.31 bits per heavy atom. The van der Waals surface area contributed by atoms with Crippen LogP contribution in [-0.4, -0.2) is 11.6 Å². The molecule has 0 amide bonds. The van der Waals surface area contributed by atoms with Crippen LogP contribution in [0.2, 0.25) is 0 Å². The Labute approximate surface area is 98.1 Å². The van der Waals surface area contributed by atoms with Crippen molar-refractivity contribution >= 4 is 5.97 Å². The van der Waals surface area contributed by atoms with Crippen molar-refractivity contribution in [1.82, 2.24) is 0 Å². The molecule has 0 bridgehead atoms. The molecule has 0 aromatic carbocycles. The molecule has 16 heavy (non-hydrogen) atoms. The first-order chi connectivity index (χ1) is 7.53. The van der Waals surface area contributed by atoms with Crippen molar-refractivity contribution in [2.45, 2.75) is 58.0 Å². The summed E-state index contributed by atoms with van der Waals surface area (Å²) in [6.45, 7) is 7.49. The smallest absolute Gasteiger partial charge is 0.333 e. The minimum atomic E-state index is -0.221. The van der Waals surface area contributed by atoms with Gasteiger partial charge in [0.25, 0.3) is 0 Å². The lowest BCUT2D eigenvalue weighted by Crippen LogP contribution is -2.38. The van der Waals surface area contributed by atoms with Gasteiger partial charge in [0.1, 0.15) is 5.60 Å². The molecule has 2 heteroatoms. The van der Waals surface area contributed by atoms with Gasteiger partial charge in [0, 0.05) is 11.5 Å². The minimum Gasteiger partial charge on any atom is -0.456 e. The molecule has 0 spiro atoms. The topological polar surface area (TPSA) is 26.3 Å². The van der Waals surface area contributed by atoms with E-state index in [1.807, 2.05) is 0 Å². The van der Waals surface area contributed by atoms with Crippen LogP contribution < -0.4 is 0 Å². The third kappa shape index (κ3) is 2.02. The lowest BCUT2D eigenvalue weighted by molar-refractivity contribution is -0.158. The monoisotopic (exact) mass is 222 g/mol. The molecule has 2 aliphatic carbocycles. The highest BCUT2D eigenvalue weighted by atomic mass is 16.6. The van der Waals surface area contributed by atoms with Gasteiger partial charge in [-0.2, -0.15) is 0 Å². The summed E-state index contributed by atoms with van der Waals surface area (Å²) in [6.07, 6.45) is 7.45. The van der Waals surface area contributed by atoms with Crippen LogP contribution >= 0.6 is 0 Å². The van der Waals surface area contributed by atoms with Gasteiger partial charge in [0.2, 0.25) is 0 Å². The molecule has 0 aliphatic heterocycles. The molecule has 2 aliphatic rings. The predicted molar refractivity (Wildman–Crippen MR) is 64.0 cm³/mol. The largest absolute Gasteiger partial charge is 0.456 e. The summed E-state index contributed by atoms with van der Waals surface area (Å²) in [7, 11) is 0. The van der Waals surface area contributed by atoms with Gasteiger partial charge in [-0.05, 0) is 39.0 Å². The Morgan fingerprint density at radius 3 is 2.69 bits per heavy atom. The van der Waals surface area contributed by atoms with Crippen LogP contribution in [0.5, 0.6) is 0 Å². The number of hydrogen-bond acceptors (Lipinski definition) is 2. The molecular formula is C14H22O2. The van der Waals surface area contributed by atoms with E-state index in [9.17, 15) is 4.79 Å². The van der Waals surface area contributed by atoms with Crippen molar-refractivity contribution in [3.63, 3.8) is 0 Å². The highest BCUT2D eigenvalue weighted by Crippen LogP contribution is 2.50. The fraction of sp³-hybridized carbons (Fsp3) is 0.786. The van der Waals surface area contributed by atoms with E-state index >= 15 is 0 Å². The molecule has 3 unspecified atom stereocenters. The van der Waals surface area contributed by atoms with Gasteiger partial charge in [0.15, 0.2) is 0 Å². The second kappa shape index (κ2) is 4.23. The van der Waals surface area contributed by atoms with E-state index in [0.29, 0.717) is 11.5 Å². The molecule has 90 valence electrons. The quantitative estimate of drug-likeness (QED) is 0.528. The molecule has 2 rings (SSSR count). The average molecular weight is 222 g/mol. The number of esters is 1. The second-order valence-electron chi connectivity index (χ2n) is 5.67. The summed E-state index contributed by atoms with van der Waals surface area (Å²) in [5, 5.41) is 0. The summed E-state index contributed by atoms with van der Waals surface area (Å²) in [6, 6.07) is 0. The molecule has 2 nitrogen and oxygen atoms in total. The van der Waals surface area contributed by atoms with Gasteiger partial charge in [-0.3, -0.25) is 0 Å². The van der Waals surface area contributed by atoms with Gasteiger partial charge in [0.05, 0.1) is 0 Å². The zero-order valence-corrected chi connectivity index (χ0v) is 10.4. The predicted octanol–water partition coefficient (Wildman–Crippen LogP) is 3.46. The first-order valence-corrected chi connectivity index (χ1v) is 6.42. The number of rotatable bonds is 2. The van der Waals surface area contributed by atoms with E-state index in [1.165, 1.54) is 32.1 Å². The molecule has 0 saturated heterocycles. The Balaban J connectivity index is 2.07. The maximum absolute atomic E-state index is 11.7. The third-order valence-corrected chi connectivity index (χ3v) is 4.38. The van der Waals surface area contributed by atoms with Crippen LogP contribution in [0, 0.1) is 11.8 Å². The van der Waals surface area contributed by atoms with Crippen LogP contribution in [0.25, 0.3) is 0 Å². The number of hydrogen-bond donors (Lipinski definition) is 0. The Bertz CT molecular complexity index is 308. The molecular weight excluding hydrogens is 200 g/mol. The Kier molecular flexibility index (Phi) is 3.09. The fourth-order valence-corrected chi connectivity index (χ4v) is 3.44. The Hall–Kier alpha value is -0.790. The third-order valence-electron chi connectivity index (χ3n) is 4.38. The zero-order chi connectivity index (χ0) is 11.8. The molecule has 0 radical (unpaired) electrons. The van der Waals surface area contributed by atoms with E-state index < -0.39 is 0 Å². The minimum absolute atomic E-state index is 0.214. The van der Waals surface area contributed by atoms with Gasteiger partial charge in [-0.25, -0.2) is 4.79 Å². The molecule has 0 heterocycles. The lowest BCUT2D eigenvalue weighted by Gasteiger charge is -2.36. The first kappa shape index (κ1) is 11.7. The molecule has 0 aromatic heterocycles. The van der Waals surface area contributed by atoms with Gasteiger partial charge < -0.3 is 4.74 Å². The lowest BCUT2D eigenvalue weighted by atomic mass is 9.76. The molecule has 0 aromatic rings. The highest BCUT2D eigenvalue weighted by molar-refractivity contribution is 5.87. The van der Waals surface area contributed by atoms with Crippen molar-refractivity contribution in [2.75, 3.05) is 0 Å². The van der Waals surface area contributed by atoms with Crippen molar-refractivity contribution in [2.24, 2.45) is 11.8 Å². The van der Waals surface area contributed by atoms with Gasteiger partial charge >= 0.3 is 5.97 Å².